The number of rotatable bonds is 6. The molecule has 7 heteroatoms. The van der Waals surface area contributed by atoms with E-state index in [9.17, 15) is 4.79 Å². The summed E-state index contributed by atoms with van der Waals surface area (Å²) in [6, 6.07) is 16.6. The van der Waals surface area contributed by atoms with Crippen LogP contribution < -0.4 is 15.8 Å². The van der Waals surface area contributed by atoms with Crippen LogP contribution >= 0.6 is 0 Å². The number of hydrogen-bond acceptors (Lipinski definition) is 6. The number of halogens is 1. The Hall–Kier alpha value is -3.84. The van der Waals surface area contributed by atoms with Gasteiger partial charge in [0, 0.05) is 34.2 Å². The van der Waals surface area contributed by atoms with Crippen molar-refractivity contribution in [3.8, 4) is 16.9 Å². The number of anilines is 1. The summed E-state index contributed by atoms with van der Waals surface area (Å²) < 4.78 is 32.4. The van der Waals surface area contributed by atoms with E-state index in [0.29, 0.717) is 41.2 Å². The normalized spacial score (nSPS) is 14.9. The minimum absolute atomic E-state index is 0.107. The van der Waals surface area contributed by atoms with Crippen LogP contribution in [0.25, 0.3) is 22.1 Å². The quantitative estimate of drug-likeness (QED) is 0.377. The number of esters is 1. The van der Waals surface area contributed by atoms with Gasteiger partial charge in [0.2, 0.25) is 0 Å². The average molecular weight is 461 g/mol. The molecule has 174 valence electrons. The molecular weight excluding hydrogens is 435 g/mol. The zero-order valence-electron chi connectivity index (χ0n) is 18.8. The Morgan fingerprint density at radius 1 is 1.15 bits per heavy atom. The van der Waals surface area contributed by atoms with Crippen molar-refractivity contribution >= 4 is 22.6 Å². The minimum atomic E-state index is -0.357. The van der Waals surface area contributed by atoms with E-state index in [0.717, 1.165) is 22.2 Å². The molecule has 3 N–H and O–H groups in total. The highest BCUT2D eigenvalue weighted by Gasteiger charge is 2.26. The van der Waals surface area contributed by atoms with Gasteiger partial charge in [-0.15, -0.1) is 0 Å². The van der Waals surface area contributed by atoms with E-state index in [-0.39, 0.29) is 30.9 Å². The second-order valence-corrected chi connectivity index (χ2v) is 8.15. The van der Waals surface area contributed by atoms with Gasteiger partial charge >= 0.3 is 5.97 Å². The molecule has 0 radical (unpaired) electrons. The molecule has 3 aromatic carbocycles. The first-order chi connectivity index (χ1) is 16.6. The zero-order valence-corrected chi connectivity index (χ0v) is 18.8. The fraction of sp³-hybridized carbons (Fsp3) is 0.222. The monoisotopic (exact) mass is 460 g/mol. The van der Waals surface area contributed by atoms with E-state index in [2.05, 4.69) is 5.32 Å². The smallest absolute Gasteiger partial charge is 0.310 e. The molecule has 0 amide bonds. The number of ether oxygens (including phenoxy) is 2. The lowest BCUT2D eigenvalue weighted by atomic mass is 9.95. The molecule has 0 saturated heterocycles. The summed E-state index contributed by atoms with van der Waals surface area (Å²) in [5, 5.41) is 4.24. The van der Waals surface area contributed by atoms with Crippen molar-refractivity contribution in [2.24, 2.45) is 5.73 Å². The van der Waals surface area contributed by atoms with Crippen LogP contribution in [0.1, 0.15) is 29.7 Å². The van der Waals surface area contributed by atoms with Crippen LogP contribution in [-0.4, -0.2) is 19.1 Å². The number of hydrogen-bond donors (Lipinski definition) is 2. The molecule has 1 atom stereocenters. The number of nitrogens with one attached hydrogen (secondary N) is 1. The first-order valence-electron chi connectivity index (χ1n) is 11.3. The molecule has 0 unspecified atom stereocenters. The van der Waals surface area contributed by atoms with E-state index in [1.807, 2.05) is 36.4 Å². The standard InChI is InChI=1S/C27H25FN2O4/c1-2-32-24(31)13-16-5-4-8-22-27(16)34-23(15-30-22)19-11-17-9-10-33-26(17)21(12-19)20-7-3-6-18(14-29)25(20)28/h3-12,23,30H,2,13-15,29H2,1H3/t23-/m0/s1. The highest BCUT2D eigenvalue weighted by Crippen LogP contribution is 2.40. The van der Waals surface area contributed by atoms with Gasteiger partial charge in [-0.25, -0.2) is 4.39 Å². The fourth-order valence-electron chi connectivity index (χ4n) is 4.38. The largest absolute Gasteiger partial charge is 0.481 e. The second-order valence-electron chi connectivity index (χ2n) is 8.15. The summed E-state index contributed by atoms with van der Waals surface area (Å²) in [6.07, 6.45) is 1.36. The zero-order chi connectivity index (χ0) is 23.7. The molecule has 0 bridgehead atoms. The van der Waals surface area contributed by atoms with Crippen LogP contribution in [0, 0.1) is 5.82 Å². The first kappa shape index (κ1) is 22.0. The molecule has 4 aromatic rings. The summed E-state index contributed by atoms with van der Waals surface area (Å²) in [5.41, 5.74) is 10.3. The lowest BCUT2D eigenvalue weighted by molar-refractivity contribution is -0.142. The molecule has 34 heavy (non-hydrogen) atoms. The third-order valence-electron chi connectivity index (χ3n) is 6.01. The maximum Gasteiger partial charge on any atom is 0.310 e. The van der Waals surface area contributed by atoms with Gasteiger partial charge in [0.25, 0.3) is 0 Å². The lowest BCUT2D eigenvalue weighted by Gasteiger charge is -2.29. The van der Waals surface area contributed by atoms with Crippen LogP contribution in [0.5, 0.6) is 5.75 Å². The number of carbonyl (C=O) groups is 1. The predicted molar refractivity (Wildman–Crippen MR) is 128 cm³/mol. The van der Waals surface area contributed by atoms with Crippen molar-refractivity contribution < 1.29 is 23.1 Å². The summed E-state index contributed by atoms with van der Waals surface area (Å²) >= 11 is 0. The van der Waals surface area contributed by atoms with Gasteiger partial charge in [-0.3, -0.25) is 4.79 Å². The van der Waals surface area contributed by atoms with Crippen molar-refractivity contribution in [2.75, 3.05) is 18.5 Å². The number of carbonyl (C=O) groups excluding carboxylic acids is 1. The topological polar surface area (TPSA) is 86.7 Å². The van der Waals surface area contributed by atoms with Crippen LogP contribution in [-0.2, 0) is 22.5 Å². The fourth-order valence-corrected chi connectivity index (χ4v) is 4.38. The van der Waals surface area contributed by atoms with Gasteiger partial charge in [-0.1, -0.05) is 30.3 Å². The maximum absolute atomic E-state index is 15.2. The molecule has 2 heterocycles. The van der Waals surface area contributed by atoms with Crippen molar-refractivity contribution in [2.45, 2.75) is 26.0 Å². The third-order valence-corrected chi connectivity index (χ3v) is 6.01. The van der Waals surface area contributed by atoms with Gasteiger partial charge in [-0.2, -0.15) is 0 Å². The van der Waals surface area contributed by atoms with Gasteiger partial charge in [-0.05, 0) is 36.8 Å². The van der Waals surface area contributed by atoms with E-state index in [1.165, 1.54) is 0 Å². The maximum atomic E-state index is 15.2. The van der Waals surface area contributed by atoms with E-state index < -0.39 is 0 Å². The Balaban J connectivity index is 1.54. The summed E-state index contributed by atoms with van der Waals surface area (Å²) in [5.74, 6) is -0.0412. The molecule has 0 saturated carbocycles. The number of para-hydroxylation sites is 1. The number of fused-ring (bicyclic) bond motifs is 2. The average Bonchev–Trinajstić information content (AvgIpc) is 3.33. The van der Waals surface area contributed by atoms with Crippen LogP contribution in [0.3, 0.4) is 0 Å². The minimum Gasteiger partial charge on any atom is -0.481 e. The van der Waals surface area contributed by atoms with Crippen molar-refractivity contribution in [3.05, 3.63) is 83.4 Å². The van der Waals surface area contributed by atoms with Gasteiger partial charge < -0.3 is 24.9 Å². The number of benzene rings is 3. The number of nitrogens with two attached hydrogens (primary N) is 1. The van der Waals surface area contributed by atoms with Gasteiger partial charge in [0.15, 0.2) is 0 Å². The molecule has 1 aliphatic rings. The van der Waals surface area contributed by atoms with Gasteiger partial charge in [0.1, 0.15) is 23.3 Å². The Labute approximate surface area is 196 Å². The third kappa shape index (κ3) is 3.99. The van der Waals surface area contributed by atoms with Crippen LogP contribution in [0.15, 0.2) is 65.3 Å². The first-order valence-corrected chi connectivity index (χ1v) is 11.3. The Morgan fingerprint density at radius 3 is 2.79 bits per heavy atom. The molecule has 0 aliphatic carbocycles. The summed E-state index contributed by atoms with van der Waals surface area (Å²) in [7, 11) is 0. The second kappa shape index (κ2) is 9.19. The molecule has 0 fully saturated rings. The molecule has 1 aromatic heterocycles. The molecule has 5 rings (SSSR count). The molecule has 0 spiro atoms. The summed E-state index contributed by atoms with van der Waals surface area (Å²) in [4.78, 5) is 12.1. The van der Waals surface area contributed by atoms with E-state index in [4.69, 9.17) is 19.6 Å². The number of furan rings is 1. The van der Waals surface area contributed by atoms with Crippen molar-refractivity contribution in [3.63, 3.8) is 0 Å². The van der Waals surface area contributed by atoms with Gasteiger partial charge in [0.05, 0.1) is 31.5 Å². The lowest BCUT2D eigenvalue weighted by Crippen LogP contribution is -2.25. The Kier molecular flexibility index (Phi) is 5.94. The Morgan fingerprint density at radius 2 is 1.97 bits per heavy atom. The highest BCUT2D eigenvalue weighted by atomic mass is 19.1. The molecular formula is C27H25FN2O4. The molecule has 6 nitrogen and oxygen atoms in total. The SMILES string of the molecule is CCOC(=O)Cc1cccc2c1O[C@H](c1cc(-c3cccc(CN)c3F)c3occc3c1)CN2. The van der Waals surface area contributed by atoms with Crippen LogP contribution in [0.2, 0.25) is 0 Å². The van der Waals surface area contributed by atoms with Crippen LogP contribution in [0.4, 0.5) is 10.1 Å². The van der Waals surface area contributed by atoms with E-state index >= 15 is 4.39 Å². The van der Waals surface area contributed by atoms with E-state index in [1.54, 1.807) is 31.4 Å². The highest BCUT2D eigenvalue weighted by molar-refractivity contribution is 5.93. The Bertz CT molecular complexity index is 1360. The van der Waals surface area contributed by atoms with Crippen molar-refractivity contribution in [1.82, 2.24) is 0 Å². The summed E-state index contributed by atoms with van der Waals surface area (Å²) in [6.45, 7) is 2.73. The molecule has 1 aliphatic heterocycles. The van der Waals surface area contributed by atoms with Crippen molar-refractivity contribution in [1.29, 1.82) is 0 Å². The predicted octanol–water partition coefficient (Wildman–Crippen LogP) is 5.35.